The Bertz CT molecular complexity index is 1030. The molecular weight excluding hydrogens is 350 g/mol. The van der Waals surface area contributed by atoms with E-state index in [0.29, 0.717) is 31.9 Å². The molecule has 0 radical (unpaired) electrons. The molecule has 0 atom stereocenters. The van der Waals surface area contributed by atoms with Crippen LogP contribution in [-0.2, 0) is 24.9 Å². The smallest absolute Gasteiger partial charge is 0.265 e. The van der Waals surface area contributed by atoms with E-state index in [1.165, 1.54) is 10.9 Å². The van der Waals surface area contributed by atoms with E-state index in [9.17, 15) is 9.59 Å². The monoisotopic (exact) mass is 373 g/mol. The summed E-state index contributed by atoms with van der Waals surface area (Å²) in [6.07, 6.45) is 3.81. The van der Waals surface area contributed by atoms with Gasteiger partial charge in [-0.3, -0.25) is 18.8 Å². The van der Waals surface area contributed by atoms with E-state index >= 15 is 0 Å². The summed E-state index contributed by atoms with van der Waals surface area (Å²) in [7, 11) is 3.45. The fourth-order valence-corrected chi connectivity index (χ4v) is 2.93. The standard InChI is InChI=1S/C18H23N5O4/c1-11-13(9-21-22(11)3)8-19-16(24)14-12(2)27-17-15(14)18(25)23(10-20-17)6-5-7-26-4/h9-10H,5-8H2,1-4H3,(H,19,24). The Balaban J connectivity index is 1.89. The maximum absolute atomic E-state index is 12.8. The van der Waals surface area contributed by atoms with Crippen molar-refractivity contribution in [3.63, 3.8) is 0 Å². The molecule has 0 spiro atoms. The van der Waals surface area contributed by atoms with E-state index in [-0.39, 0.29) is 28.1 Å². The minimum Gasteiger partial charge on any atom is -0.442 e. The summed E-state index contributed by atoms with van der Waals surface area (Å²) in [5, 5.41) is 7.20. The fraction of sp³-hybridized carbons (Fsp3) is 0.444. The topological polar surface area (TPSA) is 104 Å². The lowest BCUT2D eigenvalue weighted by atomic mass is 10.1. The Morgan fingerprint density at radius 3 is 2.81 bits per heavy atom. The van der Waals surface area contributed by atoms with E-state index < -0.39 is 0 Å². The number of aromatic nitrogens is 4. The predicted octanol–water partition coefficient (Wildman–Crippen LogP) is 1.31. The molecular formula is C18H23N5O4. The highest BCUT2D eigenvalue weighted by atomic mass is 16.5. The van der Waals surface area contributed by atoms with Gasteiger partial charge in [0.15, 0.2) is 0 Å². The summed E-state index contributed by atoms with van der Waals surface area (Å²) >= 11 is 0. The molecule has 3 heterocycles. The summed E-state index contributed by atoms with van der Waals surface area (Å²) < 4.78 is 13.8. The first kappa shape index (κ1) is 18.8. The zero-order valence-corrected chi connectivity index (χ0v) is 15.9. The van der Waals surface area contributed by atoms with Gasteiger partial charge in [0.2, 0.25) is 5.71 Å². The quantitative estimate of drug-likeness (QED) is 0.626. The number of ether oxygens (including phenoxy) is 1. The lowest BCUT2D eigenvalue weighted by Crippen LogP contribution is -2.27. The second-order valence-electron chi connectivity index (χ2n) is 6.36. The van der Waals surface area contributed by atoms with Crippen LogP contribution in [0.4, 0.5) is 0 Å². The average Bonchev–Trinajstić information content (AvgIpc) is 3.15. The molecule has 0 saturated heterocycles. The number of carbonyl (C=O) groups excluding carboxylic acids is 1. The number of fused-ring (bicyclic) bond motifs is 1. The molecule has 0 unspecified atom stereocenters. The van der Waals surface area contributed by atoms with Crippen LogP contribution in [-0.4, -0.2) is 39.0 Å². The molecule has 1 amide bonds. The van der Waals surface area contributed by atoms with Crippen LogP contribution in [0.15, 0.2) is 21.7 Å². The zero-order chi connectivity index (χ0) is 19.6. The number of amides is 1. The molecule has 0 aliphatic carbocycles. The van der Waals surface area contributed by atoms with Gasteiger partial charge >= 0.3 is 0 Å². The number of methoxy groups -OCH3 is 1. The normalized spacial score (nSPS) is 11.3. The van der Waals surface area contributed by atoms with Crippen LogP contribution in [0.25, 0.3) is 11.1 Å². The van der Waals surface area contributed by atoms with Crippen molar-refractivity contribution in [3.8, 4) is 0 Å². The number of hydrogen-bond acceptors (Lipinski definition) is 6. The van der Waals surface area contributed by atoms with Gasteiger partial charge in [-0.1, -0.05) is 0 Å². The third-order valence-corrected chi connectivity index (χ3v) is 4.61. The number of aryl methyl sites for hydroxylation is 3. The summed E-state index contributed by atoms with van der Waals surface area (Å²) in [5.41, 5.74) is 1.97. The predicted molar refractivity (Wildman–Crippen MR) is 98.6 cm³/mol. The molecule has 9 heteroatoms. The Morgan fingerprint density at radius 1 is 1.37 bits per heavy atom. The van der Waals surface area contributed by atoms with Crippen molar-refractivity contribution in [1.82, 2.24) is 24.6 Å². The SMILES string of the molecule is COCCCn1cnc2oc(C)c(C(=O)NCc3cnn(C)c3C)c2c1=O. The van der Waals surface area contributed by atoms with Crippen molar-refractivity contribution in [3.05, 3.63) is 45.5 Å². The molecule has 0 bridgehead atoms. The van der Waals surface area contributed by atoms with E-state index in [1.54, 1.807) is 24.9 Å². The lowest BCUT2D eigenvalue weighted by Gasteiger charge is -2.06. The first-order valence-corrected chi connectivity index (χ1v) is 8.67. The minimum atomic E-state index is -0.372. The summed E-state index contributed by atoms with van der Waals surface area (Å²) in [6, 6.07) is 0. The van der Waals surface area contributed by atoms with Gasteiger partial charge < -0.3 is 14.5 Å². The lowest BCUT2D eigenvalue weighted by molar-refractivity contribution is 0.0950. The van der Waals surface area contributed by atoms with Gasteiger partial charge in [-0.2, -0.15) is 5.10 Å². The molecule has 1 N–H and O–H groups in total. The maximum atomic E-state index is 12.8. The first-order chi connectivity index (χ1) is 12.9. The van der Waals surface area contributed by atoms with Crippen LogP contribution < -0.4 is 10.9 Å². The number of furan rings is 1. The van der Waals surface area contributed by atoms with Crippen molar-refractivity contribution in [2.75, 3.05) is 13.7 Å². The first-order valence-electron chi connectivity index (χ1n) is 8.67. The molecule has 9 nitrogen and oxygen atoms in total. The minimum absolute atomic E-state index is 0.170. The van der Waals surface area contributed by atoms with Crippen LogP contribution in [0.5, 0.6) is 0 Å². The number of hydrogen-bond donors (Lipinski definition) is 1. The number of rotatable bonds is 7. The van der Waals surface area contributed by atoms with Gasteiger partial charge in [0.05, 0.1) is 11.8 Å². The van der Waals surface area contributed by atoms with Crippen molar-refractivity contribution in [1.29, 1.82) is 0 Å². The van der Waals surface area contributed by atoms with Crippen LogP contribution in [0.3, 0.4) is 0 Å². The third kappa shape index (κ3) is 3.63. The Kier molecular flexibility index (Phi) is 5.41. The maximum Gasteiger partial charge on any atom is 0.265 e. The molecule has 0 aliphatic heterocycles. The fourth-order valence-electron chi connectivity index (χ4n) is 2.93. The second kappa shape index (κ2) is 7.75. The number of nitrogens with one attached hydrogen (secondary N) is 1. The van der Waals surface area contributed by atoms with E-state index in [0.717, 1.165) is 11.3 Å². The third-order valence-electron chi connectivity index (χ3n) is 4.61. The van der Waals surface area contributed by atoms with E-state index in [4.69, 9.17) is 9.15 Å². The molecule has 0 fully saturated rings. The van der Waals surface area contributed by atoms with E-state index in [2.05, 4.69) is 15.4 Å². The second-order valence-corrected chi connectivity index (χ2v) is 6.36. The Morgan fingerprint density at radius 2 is 2.15 bits per heavy atom. The highest BCUT2D eigenvalue weighted by Gasteiger charge is 2.23. The van der Waals surface area contributed by atoms with Crippen molar-refractivity contribution in [2.24, 2.45) is 7.05 Å². The van der Waals surface area contributed by atoms with Gasteiger partial charge in [-0.05, 0) is 20.3 Å². The van der Waals surface area contributed by atoms with Gasteiger partial charge in [-0.15, -0.1) is 0 Å². The molecule has 3 aromatic rings. The molecule has 0 aromatic carbocycles. The van der Waals surface area contributed by atoms with Crippen molar-refractivity contribution >= 4 is 17.0 Å². The van der Waals surface area contributed by atoms with Crippen LogP contribution in [0.1, 0.15) is 33.8 Å². The zero-order valence-electron chi connectivity index (χ0n) is 15.9. The molecule has 0 saturated carbocycles. The molecule has 144 valence electrons. The van der Waals surface area contributed by atoms with E-state index in [1.807, 2.05) is 14.0 Å². The summed E-state index contributed by atoms with van der Waals surface area (Å²) in [5.74, 6) is -0.00676. The molecule has 3 aromatic heterocycles. The van der Waals surface area contributed by atoms with Crippen molar-refractivity contribution < 1.29 is 13.9 Å². The van der Waals surface area contributed by atoms with Crippen LogP contribution >= 0.6 is 0 Å². The number of nitrogens with zero attached hydrogens (tertiary/aromatic N) is 4. The molecule has 3 rings (SSSR count). The Hall–Kier alpha value is -2.94. The van der Waals surface area contributed by atoms with Crippen LogP contribution in [0, 0.1) is 13.8 Å². The van der Waals surface area contributed by atoms with Gasteiger partial charge in [0, 0.05) is 45.1 Å². The van der Waals surface area contributed by atoms with Gasteiger partial charge in [0.25, 0.3) is 11.5 Å². The van der Waals surface area contributed by atoms with Crippen molar-refractivity contribution in [2.45, 2.75) is 33.4 Å². The summed E-state index contributed by atoms with van der Waals surface area (Å²) in [4.78, 5) is 29.8. The van der Waals surface area contributed by atoms with Gasteiger partial charge in [0.1, 0.15) is 17.5 Å². The summed E-state index contributed by atoms with van der Waals surface area (Å²) in [6.45, 7) is 4.88. The largest absolute Gasteiger partial charge is 0.442 e. The molecule has 0 aliphatic rings. The highest BCUT2D eigenvalue weighted by molar-refractivity contribution is 6.06. The number of carbonyl (C=O) groups is 1. The highest BCUT2D eigenvalue weighted by Crippen LogP contribution is 2.21. The van der Waals surface area contributed by atoms with Crippen LogP contribution in [0.2, 0.25) is 0 Å². The molecule has 27 heavy (non-hydrogen) atoms. The average molecular weight is 373 g/mol. The Labute approximate surface area is 155 Å². The van der Waals surface area contributed by atoms with Gasteiger partial charge in [-0.25, -0.2) is 4.98 Å².